The summed E-state index contributed by atoms with van der Waals surface area (Å²) in [5, 5.41) is 0. The van der Waals surface area contributed by atoms with Crippen LogP contribution in [0.4, 0.5) is 0 Å². The van der Waals surface area contributed by atoms with Gasteiger partial charge in [0, 0.05) is 0 Å². The van der Waals surface area contributed by atoms with Crippen molar-refractivity contribution in [3.63, 3.8) is 0 Å². The van der Waals surface area contributed by atoms with Gasteiger partial charge in [-0.3, -0.25) is 0 Å². The third-order valence-electron chi connectivity index (χ3n) is 1.75. The van der Waals surface area contributed by atoms with E-state index in [9.17, 15) is 0 Å². The van der Waals surface area contributed by atoms with Gasteiger partial charge in [-0.05, 0) is 0 Å². The van der Waals surface area contributed by atoms with Gasteiger partial charge in [0.25, 0.3) is 0 Å². The Morgan fingerprint density at radius 2 is 2.00 bits per heavy atom. The summed E-state index contributed by atoms with van der Waals surface area (Å²) < 4.78 is 10.1. The molecule has 0 aliphatic rings. The van der Waals surface area contributed by atoms with Crippen LogP contribution in [0.5, 0.6) is 0 Å². The van der Waals surface area contributed by atoms with Gasteiger partial charge in [0.2, 0.25) is 0 Å². The average molecular weight is 288 g/mol. The van der Waals surface area contributed by atoms with Crippen molar-refractivity contribution in [1.29, 1.82) is 0 Å². The summed E-state index contributed by atoms with van der Waals surface area (Å²) in [5.74, 6) is 0. The predicted octanol–water partition coefficient (Wildman–Crippen LogP) is 3.38. The molecule has 0 saturated carbocycles. The topological polar surface area (TPSA) is 18.5 Å². The number of methoxy groups -OCH3 is 1. The summed E-state index contributed by atoms with van der Waals surface area (Å²) in [6, 6.07) is 0. The zero-order valence-electron chi connectivity index (χ0n) is 8.22. The van der Waals surface area contributed by atoms with Crippen LogP contribution in [-0.2, 0) is 8.50 Å². The van der Waals surface area contributed by atoms with Crippen molar-refractivity contribution in [2.75, 3.05) is 14.2 Å². The van der Waals surface area contributed by atoms with E-state index in [0.717, 1.165) is 12.8 Å². The molecule has 0 heterocycles. The molecule has 5 heteroatoms. The van der Waals surface area contributed by atoms with E-state index >= 15 is 0 Å². The molecule has 0 aromatic rings. The van der Waals surface area contributed by atoms with Gasteiger partial charge in [-0.25, -0.2) is 0 Å². The van der Waals surface area contributed by atoms with Crippen molar-refractivity contribution in [2.45, 2.75) is 24.5 Å². The summed E-state index contributed by atoms with van der Waals surface area (Å²) in [4.78, 5) is 0. The number of rotatable bonds is 6. The number of allylic oxidation sites excluding steroid dienone is 1. The molecule has 78 valence electrons. The molecular weight excluding hydrogens is 272 g/mol. The molecule has 0 spiro atoms. The van der Waals surface area contributed by atoms with Gasteiger partial charge in [0.05, 0.1) is 0 Å². The molecule has 0 aliphatic heterocycles. The standard InChI is InChI=1S/C8H16Cl2GeO2/c1-4-5-8(6-7-12-2)11(9,10)13-3/h6-8H,4-5H2,1-3H3/b7-6+. The van der Waals surface area contributed by atoms with Gasteiger partial charge in [0.1, 0.15) is 0 Å². The average Bonchev–Trinajstić information content (AvgIpc) is 2.12. The molecule has 0 bridgehead atoms. The second-order valence-corrected chi connectivity index (χ2v) is 14.3. The van der Waals surface area contributed by atoms with Crippen LogP contribution >= 0.6 is 20.0 Å². The summed E-state index contributed by atoms with van der Waals surface area (Å²) in [6.07, 6.45) is 5.49. The molecule has 0 aliphatic carbocycles. The Morgan fingerprint density at radius 1 is 1.38 bits per heavy atom. The molecule has 0 saturated heterocycles. The number of ether oxygens (including phenoxy) is 1. The van der Waals surface area contributed by atoms with E-state index in [1.807, 2.05) is 6.08 Å². The van der Waals surface area contributed by atoms with Crippen LogP contribution in [-0.4, -0.2) is 26.0 Å². The summed E-state index contributed by atoms with van der Waals surface area (Å²) >= 11 is -3.09. The molecule has 1 atom stereocenters. The predicted molar refractivity (Wildman–Crippen MR) is 59.3 cm³/mol. The third-order valence-corrected chi connectivity index (χ3v) is 10.2. The van der Waals surface area contributed by atoms with Crippen molar-refractivity contribution in [1.82, 2.24) is 0 Å². The molecule has 13 heavy (non-hydrogen) atoms. The molecule has 1 unspecified atom stereocenters. The van der Waals surface area contributed by atoms with Gasteiger partial charge in [-0.1, -0.05) is 0 Å². The van der Waals surface area contributed by atoms with Crippen LogP contribution in [0.25, 0.3) is 0 Å². The van der Waals surface area contributed by atoms with Crippen molar-refractivity contribution in [3.8, 4) is 0 Å². The molecule has 0 N–H and O–H groups in total. The van der Waals surface area contributed by atoms with Crippen LogP contribution in [0, 0.1) is 0 Å². The van der Waals surface area contributed by atoms with Crippen LogP contribution in [0.15, 0.2) is 12.3 Å². The van der Waals surface area contributed by atoms with E-state index in [1.54, 1.807) is 20.5 Å². The van der Waals surface area contributed by atoms with Crippen molar-refractivity contribution >= 4 is 31.8 Å². The Morgan fingerprint density at radius 3 is 2.38 bits per heavy atom. The molecule has 0 aromatic heterocycles. The Balaban J connectivity index is 4.31. The second-order valence-electron chi connectivity index (χ2n) is 2.73. The molecule has 0 amide bonds. The van der Waals surface area contributed by atoms with E-state index < -0.39 is 11.7 Å². The van der Waals surface area contributed by atoms with E-state index in [0.29, 0.717) is 0 Å². The summed E-state index contributed by atoms with van der Waals surface area (Å²) in [6.45, 7) is 2.09. The molecular formula is C8H16Cl2GeO2. The quantitative estimate of drug-likeness (QED) is 0.551. The first kappa shape index (κ1) is 13.6. The zero-order valence-corrected chi connectivity index (χ0v) is 11.8. The van der Waals surface area contributed by atoms with Gasteiger partial charge in [-0.15, -0.1) is 0 Å². The molecule has 0 fully saturated rings. The van der Waals surface area contributed by atoms with Crippen molar-refractivity contribution < 1.29 is 8.50 Å². The fraction of sp³-hybridized carbons (Fsp3) is 0.750. The van der Waals surface area contributed by atoms with Gasteiger partial charge >= 0.3 is 91.3 Å². The maximum atomic E-state index is 6.13. The van der Waals surface area contributed by atoms with Gasteiger partial charge in [-0.2, -0.15) is 0 Å². The first-order valence-electron chi connectivity index (χ1n) is 4.20. The Labute approximate surface area is 91.3 Å². The van der Waals surface area contributed by atoms with E-state index in [4.69, 9.17) is 28.5 Å². The first-order chi connectivity index (χ1) is 6.08. The van der Waals surface area contributed by atoms with E-state index in [1.165, 1.54) is 0 Å². The Kier molecular flexibility index (Phi) is 7.32. The number of hydrogen-bond donors (Lipinski definition) is 0. The normalized spacial score (nSPS) is 14.8. The summed E-state index contributed by atoms with van der Waals surface area (Å²) in [7, 11) is 15.4. The summed E-state index contributed by atoms with van der Waals surface area (Å²) in [5.41, 5.74) is 0. The molecule has 2 nitrogen and oxygen atoms in total. The van der Waals surface area contributed by atoms with Crippen molar-refractivity contribution in [3.05, 3.63) is 12.3 Å². The number of halogens is 2. The third kappa shape index (κ3) is 5.16. The molecule has 0 rings (SSSR count). The van der Waals surface area contributed by atoms with Gasteiger partial charge in [0.15, 0.2) is 0 Å². The Hall–Kier alpha value is 0.623. The van der Waals surface area contributed by atoms with Crippen LogP contribution in [0.2, 0.25) is 4.75 Å². The molecule has 0 radical (unpaired) electrons. The van der Waals surface area contributed by atoms with E-state index in [-0.39, 0.29) is 4.75 Å². The zero-order chi connectivity index (χ0) is 10.3. The van der Waals surface area contributed by atoms with Crippen molar-refractivity contribution in [2.24, 2.45) is 0 Å². The first-order valence-corrected chi connectivity index (χ1v) is 11.8. The number of hydrogen-bond acceptors (Lipinski definition) is 2. The van der Waals surface area contributed by atoms with Crippen LogP contribution < -0.4 is 0 Å². The monoisotopic (exact) mass is 288 g/mol. The maximum absolute atomic E-state index is 6.13. The fourth-order valence-corrected chi connectivity index (χ4v) is 5.48. The molecule has 0 aromatic carbocycles. The van der Waals surface area contributed by atoms with E-state index in [2.05, 4.69) is 6.92 Å². The fourth-order valence-electron chi connectivity index (χ4n) is 1.01. The second kappa shape index (κ2) is 6.99. The SMILES string of the molecule is CCC[CH](/C=C/OC)[Ge]([Cl])([Cl])[O]C. The van der Waals surface area contributed by atoms with Crippen LogP contribution in [0.3, 0.4) is 0 Å². The van der Waals surface area contributed by atoms with Crippen LogP contribution in [0.1, 0.15) is 19.8 Å². The minimum atomic E-state index is -3.09. The Bertz CT molecular complexity index is 162. The minimum absolute atomic E-state index is 0.137. The van der Waals surface area contributed by atoms with Gasteiger partial charge < -0.3 is 0 Å².